The number of hydrogen-bond donors (Lipinski definition) is 1. The zero-order valence-corrected chi connectivity index (χ0v) is 14.2. The van der Waals surface area contributed by atoms with Crippen LogP contribution in [-0.4, -0.2) is 12.5 Å². The first-order chi connectivity index (χ1) is 9.59. The zero-order valence-electron chi connectivity index (χ0n) is 10.5. The first kappa shape index (κ1) is 15.6. The van der Waals surface area contributed by atoms with Crippen LogP contribution < -0.4 is 5.32 Å². The Bertz CT molecular complexity index is 631. The van der Waals surface area contributed by atoms with Gasteiger partial charge in [-0.05, 0) is 52.8 Å². The number of hydrogen-bond acceptors (Lipinski definition) is 1. The molecule has 1 amide bonds. The third kappa shape index (κ3) is 3.87. The summed E-state index contributed by atoms with van der Waals surface area (Å²) in [6, 6.07) is 13.0. The van der Waals surface area contributed by atoms with Crippen molar-refractivity contribution in [2.45, 2.75) is 6.42 Å². The van der Waals surface area contributed by atoms with Gasteiger partial charge in [0.05, 0.1) is 15.6 Å². The van der Waals surface area contributed by atoms with Crippen LogP contribution in [0, 0.1) is 3.57 Å². The normalized spacial score (nSPS) is 10.3. The van der Waals surface area contributed by atoms with Gasteiger partial charge in [0.25, 0.3) is 5.91 Å². The Morgan fingerprint density at radius 3 is 2.60 bits per heavy atom. The summed E-state index contributed by atoms with van der Waals surface area (Å²) < 4.78 is 0.934. The van der Waals surface area contributed by atoms with E-state index in [1.165, 1.54) is 0 Å². The van der Waals surface area contributed by atoms with Crippen molar-refractivity contribution in [3.63, 3.8) is 0 Å². The maximum absolute atomic E-state index is 12.0. The summed E-state index contributed by atoms with van der Waals surface area (Å²) in [5.41, 5.74) is 1.62. The minimum absolute atomic E-state index is 0.0758. The summed E-state index contributed by atoms with van der Waals surface area (Å²) in [6.45, 7) is 0.518. The zero-order chi connectivity index (χ0) is 14.5. The predicted molar refractivity (Wildman–Crippen MR) is 91.7 cm³/mol. The van der Waals surface area contributed by atoms with Gasteiger partial charge < -0.3 is 5.32 Å². The molecule has 0 saturated carbocycles. The van der Waals surface area contributed by atoms with Crippen LogP contribution in [0.1, 0.15) is 15.9 Å². The largest absolute Gasteiger partial charge is 0.352 e. The van der Waals surface area contributed by atoms with Crippen molar-refractivity contribution in [2.24, 2.45) is 0 Å². The van der Waals surface area contributed by atoms with Crippen LogP contribution in [0.4, 0.5) is 0 Å². The summed E-state index contributed by atoms with van der Waals surface area (Å²) >= 11 is 14.2. The van der Waals surface area contributed by atoms with Crippen molar-refractivity contribution >= 4 is 51.7 Å². The molecule has 0 saturated heterocycles. The molecule has 2 nitrogen and oxygen atoms in total. The highest BCUT2D eigenvalue weighted by atomic mass is 127. The van der Waals surface area contributed by atoms with Gasteiger partial charge in [-0.15, -0.1) is 0 Å². The number of halogens is 3. The first-order valence-corrected chi connectivity index (χ1v) is 7.88. The van der Waals surface area contributed by atoms with Gasteiger partial charge in [-0.2, -0.15) is 0 Å². The molecule has 2 aromatic carbocycles. The van der Waals surface area contributed by atoms with Crippen LogP contribution in [0.25, 0.3) is 0 Å². The molecule has 2 rings (SSSR count). The third-order valence-corrected chi connectivity index (χ3v) is 4.63. The highest BCUT2D eigenvalue weighted by molar-refractivity contribution is 14.1. The number of carbonyl (C=O) groups excluding carboxylic acids is 1. The second-order valence-electron chi connectivity index (χ2n) is 4.20. The molecule has 0 fully saturated rings. The lowest BCUT2D eigenvalue weighted by Crippen LogP contribution is -2.26. The Hall–Kier alpha value is -0.780. The molecule has 5 heteroatoms. The van der Waals surface area contributed by atoms with Crippen molar-refractivity contribution < 1.29 is 4.79 Å². The molecule has 0 bridgehead atoms. The second-order valence-corrected chi connectivity index (χ2v) is 6.15. The van der Waals surface area contributed by atoms with Crippen molar-refractivity contribution in [1.82, 2.24) is 5.32 Å². The fourth-order valence-electron chi connectivity index (χ4n) is 1.79. The summed E-state index contributed by atoms with van der Waals surface area (Å²) in [5.74, 6) is -0.0758. The molecule has 0 aliphatic carbocycles. The lowest BCUT2D eigenvalue weighted by Gasteiger charge is -2.08. The molecule has 2 aromatic rings. The van der Waals surface area contributed by atoms with Crippen molar-refractivity contribution in [2.75, 3.05) is 6.54 Å². The van der Waals surface area contributed by atoms with Gasteiger partial charge in [-0.3, -0.25) is 4.79 Å². The molecule has 0 spiro atoms. The Kier molecular flexibility index (Phi) is 5.69. The monoisotopic (exact) mass is 419 g/mol. The first-order valence-electron chi connectivity index (χ1n) is 6.05. The minimum Gasteiger partial charge on any atom is -0.352 e. The summed E-state index contributed by atoms with van der Waals surface area (Å²) in [4.78, 5) is 12.0. The number of rotatable bonds is 4. The predicted octanol–water partition coefficient (Wildman–Crippen LogP) is 4.57. The van der Waals surface area contributed by atoms with Crippen LogP contribution >= 0.6 is 45.8 Å². The number of nitrogens with one attached hydrogen (secondary N) is 1. The molecular weight excluding hydrogens is 408 g/mol. The Balaban J connectivity index is 1.95. The molecule has 20 heavy (non-hydrogen) atoms. The molecule has 104 valence electrons. The molecule has 1 N–H and O–H groups in total. The van der Waals surface area contributed by atoms with Crippen LogP contribution in [0.5, 0.6) is 0 Å². The standard InChI is InChI=1S/C15H12Cl2INO/c16-12-6-3-4-10(14(12)17)8-9-19-15(20)11-5-1-2-7-13(11)18/h1-7H,8-9H2,(H,19,20). The quantitative estimate of drug-likeness (QED) is 0.722. The third-order valence-electron chi connectivity index (χ3n) is 2.83. The van der Waals surface area contributed by atoms with E-state index < -0.39 is 0 Å². The molecule has 0 aliphatic heterocycles. The SMILES string of the molecule is O=C(NCCc1cccc(Cl)c1Cl)c1ccccc1I. The van der Waals surface area contributed by atoms with E-state index in [-0.39, 0.29) is 5.91 Å². The number of amides is 1. The van der Waals surface area contributed by atoms with Gasteiger partial charge in [0.2, 0.25) is 0 Å². The summed E-state index contributed by atoms with van der Waals surface area (Å²) in [7, 11) is 0. The van der Waals surface area contributed by atoms with Crippen molar-refractivity contribution in [3.05, 3.63) is 67.2 Å². The Morgan fingerprint density at radius 1 is 1.10 bits per heavy atom. The highest BCUT2D eigenvalue weighted by Crippen LogP contribution is 2.25. The average Bonchev–Trinajstić information content (AvgIpc) is 2.44. The van der Waals surface area contributed by atoms with Gasteiger partial charge in [0.15, 0.2) is 0 Å². The van der Waals surface area contributed by atoms with Crippen molar-refractivity contribution in [1.29, 1.82) is 0 Å². The van der Waals surface area contributed by atoms with Crippen LogP contribution in [0.2, 0.25) is 10.0 Å². The molecule has 0 aromatic heterocycles. The van der Waals surface area contributed by atoms with Crippen LogP contribution in [0.15, 0.2) is 42.5 Å². The summed E-state index contributed by atoms with van der Waals surface area (Å²) in [6.07, 6.45) is 0.647. The van der Waals surface area contributed by atoms with E-state index in [9.17, 15) is 4.79 Å². The molecule has 0 atom stereocenters. The van der Waals surface area contributed by atoms with E-state index in [0.717, 1.165) is 9.13 Å². The lowest BCUT2D eigenvalue weighted by atomic mass is 10.1. The maximum Gasteiger partial charge on any atom is 0.252 e. The van der Waals surface area contributed by atoms with E-state index in [4.69, 9.17) is 23.2 Å². The minimum atomic E-state index is -0.0758. The average molecular weight is 420 g/mol. The fourth-order valence-corrected chi connectivity index (χ4v) is 2.84. The van der Waals surface area contributed by atoms with Gasteiger partial charge in [0, 0.05) is 10.1 Å². The molecule has 0 aliphatic rings. The number of benzene rings is 2. The van der Waals surface area contributed by atoms with Gasteiger partial charge >= 0.3 is 0 Å². The van der Waals surface area contributed by atoms with E-state index in [1.807, 2.05) is 36.4 Å². The maximum atomic E-state index is 12.0. The van der Waals surface area contributed by atoms with Crippen LogP contribution in [0.3, 0.4) is 0 Å². The van der Waals surface area contributed by atoms with Crippen LogP contribution in [-0.2, 0) is 6.42 Å². The second kappa shape index (κ2) is 7.29. The van der Waals surface area contributed by atoms with E-state index >= 15 is 0 Å². The van der Waals surface area contributed by atoms with E-state index in [2.05, 4.69) is 27.9 Å². The smallest absolute Gasteiger partial charge is 0.252 e. The van der Waals surface area contributed by atoms with E-state index in [0.29, 0.717) is 28.6 Å². The van der Waals surface area contributed by atoms with Gasteiger partial charge in [-0.1, -0.05) is 47.5 Å². The molecule has 0 heterocycles. The topological polar surface area (TPSA) is 29.1 Å². The van der Waals surface area contributed by atoms with E-state index in [1.54, 1.807) is 6.07 Å². The molecule has 0 radical (unpaired) electrons. The fraction of sp³-hybridized carbons (Fsp3) is 0.133. The van der Waals surface area contributed by atoms with Gasteiger partial charge in [0.1, 0.15) is 0 Å². The Labute approximate surface area is 141 Å². The van der Waals surface area contributed by atoms with Gasteiger partial charge in [-0.25, -0.2) is 0 Å². The lowest BCUT2D eigenvalue weighted by molar-refractivity contribution is 0.0953. The number of carbonyl (C=O) groups is 1. The Morgan fingerprint density at radius 2 is 1.85 bits per heavy atom. The van der Waals surface area contributed by atoms with Crippen molar-refractivity contribution in [3.8, 4) is 0 Å². The highest BCUT2D eigenvalue weighted by Gasteiger charge is 2.09. The molecular formula is C15H12Cl2INO. The summed E-state index contributed by atoms with van der Waals surface area (Å²) in [5, 5.41) is 3.98. The molecule has 0 unspecified atom stereocenters.